The van der Waals surface area contributed by atoms with E-state index in [9.17, 15) is 9.18 Å². The Balaban J connectivity index is 1.46. The second kappa shape index (κ2) is 7.52. The summed E-state index contributed by atoms with van der Waals surface area (Å²) in [6.07, 6.45) is 5.28. The molecule has 0 saturated carbocycles. The van der Waals surface area contributed by atoms with Gasteiger partial charge in [-0.25, -0.2) is 13.9 Å². The number of rotatable bonds is 4. The highest BCUT2D eigenvalue weighted by Gasteiger charge is 2.31. The molecule has 2 atom stereocenters. The first-order valence-electron chi connectivity index (χ1n) is 9.03. The Morgan fingerprint density at radius 1 is 1.37 bits per heavy atom. The van der Waals surface area contributed by atoms with Crippen LogP contribution in [-0.4, -0.2) is 27.3 Å². The number of nitrogens with one attached hydrogen (secondary N) is 1. The third kappa shape index (κ3) is 3.60. The van der Waals surface area contributed by atoms with E-state index < -0.39 is 0 Å². The topological polar surface area (TPSA) is 50.2 Å². The van der Waals surface area contributed by atoms with Crippen molar-refractivity contribution >= 4 is 17.4 Å². The van der Waals surface area contributed by atoms with E-state index in [2.05, 4.69) is 16.5 Å². The molecular formula is C20H21FN4OS. The minimum absolute atomic E-state index is 0.102. The van der Waals surface area contributed by atoms with Gasteiger partial charge in [0.15, 0.2) is 0 Å². The number of hydrogen-bond donors (Lipinski definition) is 1. The van der Waals surface area contributed by atoms with Gasteiger partial charge in [-0.1, -0.05) is 12.1 Å². The van der Waals surface area contributed by atoms with Crippen LogP contribution >= 0.6 is 11.3 Å². The van der Waals surface area contributed by atoms with Crippen molar-refractivity contribution in [3.63, 3.8) is 0 Å². The average molecular weight is 384 g/mol. The molecule has 3 aromatic rings. The summed E-state index contributed by atoms with van der Waals surface area (Å²) in [5.74, 6) is -0.366. The summed E-state index contributed by atoms with van der Waals surface area (Å²) < 4.78 is 16.0. The zero-order valence-electron chi connectivity index (χ0n) is 15.0. The minimum Gasteiger partial charge on any atom is -0.331 e. The fraction of sp³-hybridized carbons (Fsp3) is 0.300. The predicted octanol–water partition coefficient (Wildman–Crippen LogP) is 4.68. The molecule has 1 unspecified atom stereocenters. The molecule has 0 radical (unpaired) electrons. The number of urea groups is 1. The second-order valence-electron chi connectivity index (χ2n) is 6.70. The van der Waals surface area contributed by atoms with Crippen molar-refractivity contribution in [2.45, 2.75) is 31.8 Å². The number of carbonyl (C=O) groups excluding carboxylic acids is 1. The number of likely N-dealkylation sites (tertiary alicyclic amines) is 1. The Bertz CT molecular complexity index is 910. The van der Waals surface area contributed by atoms with Crippen LogP contribution in [0.15, 0.2) is 54.2 Å². The van der Waals surface area contributed by atoms with E-state index in [0.717, 1.165) is 24.9 Å². The van der Waals surface area contributed by atoms with Gasteiger partial charge < -0.3 is 10.2 Å². The summed E-state index contributed by atoms with van der Waals surface area (Å²) in [6.45, 7) is 2.62. The largest absolute Gasteiger partial charge is 0.331 e. The van der Waals surface area contributed by atoms with Crippen molar-refractivity contribution in [3.8, 4) is 5.69 Å². The summed E-state index contributed by atoms with van der Waals surface area (Å²) >= 11 is 1.68. The van der Waals surface area contributed by atoms with Gasteiger partial charge >= 0.3 is 6.03 Å². The van der Waals surface area contributed by atoms with E-state index in [0.29, 0.717) is 5.69 Å². The number of amides is 2. The standard InChI is InChI=1S/C20H21FN4OS/c1-14(15-7-8-17(16(21)13-15)25-11-4-9-22-25)23-20(26)24-10-2-5-18(24)19-6-3-12-27-19/h3-4,6-9,11-14,18H,2,5,10H2,1H3,(H,23,26)/t14-,18?/m0/s1. The lowest BCUT2D eigenvalue weighted by Crippen LogP contribution is -2.40. The molecule has 2 aromatic heterocycles. The number of aromatic nitrogens is 2. The molecule has 2 amide bonds. The third-order valence-electron chi connectivity index (χ3n) is 4.95. The highest BCUT2D eigenvalue weighted by molar-refractivity contribution is 7.10. The first-order valence-corrected chi connectivity index (χ1v) is 9.91. The van der Waals surface area contributed by atoms with E-state index in [1.165, 1.54) is 15.6 Å². The third-order valence-corrected chi connectivity index (χ3v) is 5.92. The van der Waals surface area contributed by atoms with Crippen molar-refractivity contribution in [3.05, 3.63) is 70.4 Å². The maximum Gasteiger partial charge on any atom is 0.318 e. The van der Waals surface area contributed by atoms with Crippen LogP contribution in [0.1, 0.15) is 42.3 Å². The molecule has 27 heavy (non-hydrogen) atoms. The van der Waals surface area contributed by atoms with Gasteiger partial charge in [-0.15, -0.1) is 11.3 Å². The molecule has 140 valence electrons. The molecule has 1 aliphatic heterocycles. The average Bonchev–Trinajstić information content (AvgIpc) is 3.42. The van der Waals surface area contributed by atoms with Crippen molar-refractivity contribution in [1.29, 1.82) is 0 Å². The summed E-state index contributed by atoms with van der Waals surface area (Å²) in [5.41, 5.74) is 1.11. The normalized spacial score (nSPS) is 17.9. The highest BCUT2D eigenvalue weighted by atomic mass is 32.1. The maximum absolute atomic E-state index is 14.5. The summed E-state index contributed by atoms with van der Waals surface area (Å²) in [4.78, 5) is 15.9. The van der Waals surface area contributed by atoms with Crippen LogP contribution in [0.5, 0.6) is 0 Å². The SMILES string of the molecule is C[C@H](NC(=O)N1CCCC1c1cccs1)c1ccc(-n2cccn2)c(F)c1. The molecule has 1 saturated heterocycles. The molecule has 1 aromatic carbocycles. The van der Waals surface area contributed by atoms with Crippen LogP contribution in [0, 0.1) is 5.82 Å². The Hall–Kier alpha value is -2.67. The maximum atomic E-state index is 14.5. The van der Waals surface area contributed by atoms with Crippen molar-refractivity contribution in [1.82, 2.24) is 20.0 Å². The molecule has 0 spiro atoms. The van der Waals surface area contributed by atoms with E-state index >= 15 is 0 Å². The fourth-order valence-corrected chi connectivity index (χ4v) is 4.40. The number of benzene rings is 1. The van der Waals surface area contributed by atoms with Gasteiger partial charge in [0.25, 0.3) is 0 Å². The minimum atomic E-state index is -0.366. The number of nitrogens with zero attached hydrogens (tertiary/aromatic N) is 3. The van der Waals surface area contributed by atoms with Crippen LogP contribution in [0.2, 0.25) is 0 Å². The van der Waals surface area contributed by atoms with Gasteiger partial charge in [-0.3, -0.25) is 0 Å². The highest BCUT2D eigenvalue weighted by Crippen LogP contribution is 2.34. The Kier molecular flexibility index (Phi) is 4.94. The molecule has 1 fully saturated rings. The number of thiophene rings is 1. The van der Waals surface area contributed by atoms with Crippen molar-refractivity contribution in [2.24, 2.45) is 0 Å². The van der Waals surface area contributed by atoms with Gasteiger partial charge in [0, 0.05) is 23.8 Å². The van der Waals surface area contributed by atoms with E-state index in [1.54, 1.807) is 35.9 Å². The fourth-order valence-electron chi connectivity index (χ4n) is 3.53. The van der Waals surface area contributed by atoms with Gasteiger partial charge in [0.1, 0.15) is 11.5 Å². The summed E-state index contributed by atoms with van der Waals surface area (Å²) in [5, 5.41) is 9.11. The van der Waals surface area contributed by atoms with Gasteiger partial charge in [-0.2, -0.15) is 5.10 Å². The number of hydrogen-bond acceptors (Lipinski definition) is 3. The quantitative estimate of drug-likeness (QED) is 0.710. The lowest BCUT2D eigenvalue weighted by Gasteiger charge is -2.26. The van der Waals surface area contributed by atoms with Crippen LogP contribution in [0.4, 0.5) is 9.18 Å². The second-order valence-corrected chi connectivity index (χ2v) is 7.68. The predicted molar refractivity (Wildman–Crippen MR) is 103 cm³/mol. The van der Waals surface area contributed by atoms with E-state index in [4.69, 9.17) is 0 Å². The van der Waals surface area contributed by atoms with E-state index in [1.807, 2.05) is 29.3 Å². The Labute approximate surface area is 161 Å². The molecule has 1 N–H and O–H groups in total. The molecule has 3 heterocycles. The molecule has 4 rings (SSSR count). The summed E-state index contributed by atoms with van der Waals surface area (Å²) in [6, 6.07) is 10.6. The zero-order chi connectivity index (χ0) is 18.8. The summed E-state index contributed by atoms with van der Waals surface area (Å²) in [7, 11) is 0. The molecular weight excluding hydrogens is 363 g/mol. The molecule has 7 heteroatoms. The zero-order valence-corrected chi connectivity index (χ0v) is 15.8. The van der Waals surface area contributed by atoms with Crippen molar-refractivity contribution in [2.75, 3.05) is 6.54 Å². The Morgan fingerprint density at radius 3 is 2.96 bits per heavy atom. The smallest absolute Gasteiger partial charge is 0.318 e. The Morgan fingerprint density at radius 2 is 2.26 bits per heavy atom. The molecule has 1 aliphatic rings. The van der Waals surface area contributed by atoms with Crippen LogP contribution in [0.3, 0.4) is 0 Å². The van der Waals surface area contributed by atoms with Crippen molar-refractivity contribution < 1.29 is 9.18 Å². The first kappa shape index (κ1) is 17.7. The van der Waals surface area contributed by atoms with Gasteiger partial charge in [0.05, 0.1) is 12.1 Å². The van der Waals surface area contributed by atoms with Crippen LogP contribution < -0.4 is 5.32 Å². The van der Waals surface area contributed by atoms with E-state index in [-0.39, 0.29) is 23.9 Å². The molecule has 5 nitrogen and oxygen atoms in total. The lowest BCUT2D eigenvalue weighted by atomic mass is 10.1. The lowest BCUT2D eigenvalue weighted by molar-refractivity contribution is 0.190. The van der Waals surface area contributed by atoms with Gasteiger partial charge in [0.2, 0.25) is 0 Å². The molecule has 0 aliphatic carbocycles. The molecule has 0 bridgehead atoms. The van der Waals surface area contributed by atoms with Crippen LogP contribution in [0.25, 0.3) is 5.69 Å². The first-order chi connectivity index (χ1) is 13.1. The monoisotopic (exact) mass is 384 g/mol. The number of halogens is 1. The van der Waals surface area contributed by atoms with Crippen LogP contribution in [-0.2, 0) is 0 Å². The van der Waals surface area contributed by atoms with Gasteiger partial charge in [-0.05, 0) is 55.0 Å². The number of carbonyl (C=O) groups is 1.